The number of rotatable bonds is 4. The van der Waals surface area contributed by atoms with Gasteiger partial charge < -0.3 is 4.74 Å². The monoisotopic (exact) mass is 408 g/mol. The average molecular weight is 410 g/mol. The van der Waals surface area contributed by atoms with Crippen LogP contribution in [0.4, 0.5) is 0 Å². The fraction of sp³-hybridized carbons (Fsp3) is 0.333. The molecule has 0 fully saturated rings. The van der Waals surface area contributed by atoms with E-state index in [0.717, 1.165) is 28.4 Å². The summed E-state index contributed by atoms with van der Waals surface area (Å²) >= 11 is 7.22. The van der Waals surface area contributed by atoms with Gasteiger partial charge in [0.2, 0.25) is 0 Å². The molecule has 1 aliphatic rings. The number of ether oxygens (including phenoxy) is 1. The molecule has 2 aromatic carbocycles. The molecule has 0 spiro atoms. The summed E-state index contributed by atoms with van der Waals surface area (Å²) in [6.45, 7) is 2.14. The molecule has 0 N–H and O–H groups in total. The number of hydrogen-bond donors (Lipinski definition) is 0. The lowest BCUT2D eigenvalue weighted by Crippen LogP contribution is -2.18. The first-order valence-electron chi connectivity index (χ1n) is 7.23. The second-order valence-corrected chi connectivity index (χ2v) is 7.26. The van der Waals surface area contributed by atoms with E-state index in [1.807, 2.05) is 0 Å². The van der Waals surface area contributed by atoms with E-state index in [-0.39, 0.29) is 6.10 Å². The minimum atomic E-state index is 0.281. The van der Waals surface area contributed by atoms with Crippen molar-refractivity contribution >= 4 is 31.9 Å². The van der Waals surface area contributed by atoms with E-state index in [9.17, 15) is 0 Å². The van der Waals surface area contributed by atoms with E-state index >= 15 is 0 Å². The van der Waals surface area contributed by atoms with Crippen molar-refractivity contribution in [3.05, 3.63) is 63.6 Å². The average Bonchev–Trinajstić information content (AvgIpc) is 2.86. The van der Waals surface area contributed by atoms with E-state index in [4.69, 9.17) is 4.74 Å². The molecule has 2 atom stereocenters. The maximum atomic E-state index is 6.11. The topological polar surface area (TPSA) is 9.23 Å². The summed E-state index contributed by atoms with van der Waals surface area (Å²) in [5.41, 5.74) is 4.02. The highest BCUT2D eigenvalue weighted by atomic mass is 79.9. The van der Waals surface area contributed by atoms with Crippen LogP contribution in [0.3, 0.4) is 0 Å². The predicted octanol–water partition coefficient (Wildman–Crippen LogP) is 5.63. The molecule has 2 aromatic rings. The fourth-order valence-corrected chi connectivity index (χ4v) is 4.00. The van der Waals surface area contributed by atoms with Crippen LogP contribution < -0.4 is 4.74 Å². The Hall–Kier alpha value is -0.800. The molecule has 0 saturated carbocycles. The van der Waals surface area contributed by atoms with Gasteiger partial charge in [0, 0.05) is 16.2 Å². The standard InChI is InChI=1S/C18H18Br2O/c1-12-5-6-18-14(7-12)9-17(21-18)10-15(11-19)13-3-2-4-16(20)8-13/h2-8,15,17H,9-11H2,1H3. The molecule has 1 heterocycles. The molecule has 0 bridgehead atoms. The summed E-state index contributed by atoms with van der Waals surface area (Å²) < 4.78 is 7.25. The van der Waals surface area contributed by atoms with Crippen LogP contribution in [0.2, 0.25) is 0 Å². The third-order valence-electron chi connectivity index (χ3n) is 4.01. The minimum absolute atomic E-state index is 0.281. The van der Waals surface area contributed by atoms with Crippen molar-refractivity contribution in [2.45, 2.75) is 31.8 Å². The quantitative estimate of drug-likeness (QED) is 0.594. The van der Waals surface area contributed by atoms with Gasteiger partial charge in [0.1, 0.15) is 11.9 Å². The van der Waals surface area contributed by atoms with Gasteiger partial charge >= 0.3 is 0 Å². The summed E-state index contributed by atoms with van der Waals surface area (Å²) in [4.78, 5) is 0. The Morgan fingerprint density at radius 2 is 2.10 bits per heavy atom. The van der Waals surface area contributed by atoms with Gasteiger partial charge in [-0.15, -0.1) is 0 Å². The summed E-state index contributed by atoms with van der Waals surface area (Å²) in [6.07, 6.45) is 2.34. The van der Waals surface area contributed by atoms with E-state index in [1.165, 1.54) is 16.7 Å². The molecule has 1 nitrogen and oxygen atoms in total. The zero-order valence-corrected chi connectivity index (χ0v) is 15.2. The van der Waals surface area contributed by atoms with Crippen molar-refractivity contribution in [3.63, 3.8) is 0 Å². The Morgan fingerprint density at radius 1 is 1.24 bits per heavy atom. The number of aryl methyl sites for hydroxylation is 1. The van der Waals surface area contributed by atoms with Crippen molar-refractivity contribution in [3.8, 4) is 5.75 Å². The normalized spacial score (nSPS) is 18.1. The smallest absolute Gasteiger partial charge is 0.123 e. The predicted molar refractivity (Wildman–Crippen MR) is 94.6 cm³/mol. The lowest BCUT2D eigenvalue weighted by molar-refractivity contribution is 0.213. The van der Waals surface area contributed by atoms with Crippen molar-refractivity contribution in [2.75, 3.05) is 5.33 Å². The molecule has 3 heteroatoms. The van der Waals surface area contributed by atoms with Crippen LogP contribution in [-0.2, 0) is 6.42 Å². The first-order chi connectivity index (χ1) is 10.2. The number of hydrogen-bond acceptors (Lipinski definition) is 1. The summed E-state index contributed by atoms with van der Waals surface area (Å²) in [6, 6.07) is 15.0. The largest absolute Gasteiger partial charge is 0.490 e. The van der Waals surface area contributed by atoms with Crippen LogP contribution in [0.1, 0.15) is 29.0 Å². The molecule has 0 radical (unpaired) electrons. The molecule has 1 aliphatic heterocycles. The second kappa shape index (κ2) is 6.53. The molecular formula is C18H18Br2O. The van der Waals surface area contributed by atoms with Crippen LogP contribution in [0.5, 0.6) is 5.75 Å². The Labute approximate surface area is 143 Å². The Morgan fingerprint density at radius 3 is 2.86 bits per heavy atom. The molecule has 110 valence electrons. The van der Waals surface area contributed by atoms with Gasteiger partial charge in [-0.05, 0) is 48.6 Å². The van der Waals surface area contributed by atoms with Gasteiger partial charge in [0.15, 0.2) is 0 Å². The first kappa shape index (κ1) is 15.1. The van der Waals surface area contributed by atoms with Crippen LogP contribution in [0, 0.1) is 6.92 Å². The number of benzene rings is 2. The summed E-state index contributed by atoms with van der Waals surface area (Å²) in [7, 11) is 0. The molecule has 0 amide bonds. The Bertz CT molecular complexity index is 639. The molecule has 3 rings (SSSR count). The lowest BCUT2D eigenvalue weighted by atomic mass is 9.93. The molecule has 0 aromatic heterocycles. The fourth-order valence-electron chi connectivity index (χ4n) is 2.95. The number of fused-ring (bicyclic) bond motifs is 1. The summed E-state index contributed by atoms with van der Waals surface area (Å²) in [5, 5.41) is 0.957. The van der Waals surface area contributed by atoms with Gasteiger partial charge in [-0.1, -0.05) is 61.7 Å². The van der Waals surface area contributed by atoms with E-state index < -0.39 is 0 Å². The second-order valence-electron chi connectivity index (χ2n) is 5.70. The molecular weight excluding hydrogens is 392 g/mol. The highest BCUT2D eigenvalue weighted by molar-refractivity contribution is 9.10. The van der Waals surface area contributed by atoms with Crippen LogP contribution in [0.15, 0.2) is 46.9 Å². The Balaban J connectivity index is 1.72. The van der Waals surface area contributed by atoms with E-state index in [0.29, 0.717) is 5.92 Å². The third-order valence-corrected chi connectivity index (χ3v) is 5.29. The SMILES string of the molecule is Cc1ccc2c(c1)CC(CC(CBr)c1cccc(Br)c1)O2. The van der Waals surface area contributed by atoms with Crippen LogP contribution >= 0.6 is 31.9 Å². The molecule has 0 aliphatic carbocycles. The van der Waals surface area contributed by atoms with Gasteiger partial charge in [-0.3, -0.25) is 0 Å². The van der Waals surface area contributed by atoms with Crippen LogP contribution in [0.25, 0.3) is 0 Å². The third kappa shape index (κ3) is 3.51. The van der Waals surface area contributed by atoms with Gasteiger partial charge in [-0.25, -0.2) is 0 Å². The molecule has 21 heavy (non-hydrogen) atoms. The summed E-state index contributed by atoms with van der Waals surface area (Å²) in [5.74, 6) is 1.54. The van der Waals surface area contributed by atoms with E-state index in [2.05, 4.69) is 81.2 Å². The van der Waals surface area contributed by atoms with Crippen molar-refractivity contribution in [2.24, 2.45) is 0 Å². The van der Waals surface area contributed by atoms with Crippen molar-refractivity contribution in [1.29, 1.82) is 0 Å². The van der Waals surface area contributed by atoms with Gasteiger partial charge in [0.05, 0.1) is 0 Å². The number of alkyl halides is 1. The highest BCUT2D eigenvalue weighted by Crippen LogP contribution is 2.35. The molecule has 2 unspecified atom stereocenters. The minimum Gasteiger partial charge on any atom is -0.490 e. The Kier molecular flexibility index (Phi) is 4.70. The van der Waals surface area contributed by atoms with E-state index in [1.54, 1.807) is 0 Å². The number of halogens is 2. The first-order valence-corrected chi connectivity index (χ1v) is 9.15. The van der Waals surface area contributed by atoms with Crippen molar-refractivity contribution < 1.29 is 4.74 Å². The maximum Gasteiger partial charge on any atom is 0.123 e. The van der Waals surface area contributed by atoms with Gasteiger partial charge in [0.25, 0.3) is 0 Å². The maximum absolute atomic E-state index is 6.11. The highest BCUT2D eigenvalue weighted by Gasteiger charge is 2.26. The molecule has 0 saturated heterocycles. The van der Waals surface area contributed by atoms with Crippen molar-refractivity contribution in [1.82, 2.24) is 0 Å². The zero-order valence-electron chi connectivity index (χ0n) is 12.0. The van der Waals surface area contributed by atoms with Crippen LogP contribution in [-0.4, -0.2) is 11.4 Å². The lowest BCUT2D eigenvalue weighted by Gasteiger charge is -2.19. The van der Waals surface area contributed by atoms with Gasteiger partial charge in [-0.2, -0.15) is 0 Å². The zero-order chi connectivity index (χ0) is 14.8.